The van der Waals surface area contributed by atoms with Gasteiger partial charge in [-0.15, -0.1) is 0 Å². The minimum Gasteiger partial charge on any atom is -0.326 e. The monoisotopic (exact) mass is 233 g/mol. The summed E-state index contributed by atoms with van der Waals surface area (Å²) in [7, 11) is 0. The van der Waals surface area contributed by atoms with Crippen molar-refractivity contribution in [2.75, 3.05) is 5.32 Å². The maximum absolute atomic E-state index is 11.8. The van der Waals surface area contributed by atoms with Gasteiger partial charge in [0.25, 0.3) is 0 Å². The van der Waals surface area contributed by atoms with Gasteiger partial charge in [0.2, 0.25) is 5.91 Å². The third kappa shape index (κ3) is 4.22. The Morgan fingerprint density at radius 3 is 2.18 bits per heavy atom. The number of benzene rings is 1. The van der Waals surface area contributed by atoms with Gasteiger partial charge in [-0.05, 0) is 44.2 Å². The lowest BCUT2D eigenvalue weighted by atomic mass is 10.0. The molecule has 2 heteroatoms. The van der Waals surface area contributed by atoms with Crippen LogP contribution in [-0.4, -0.2) is 5.91 Å². The number of carbonyl (C=O) groups excluding carboxylic acids is 1. The van der Waals surface area contributed by atoms with E-state index in [4.69, 9.17) is 0 Å². The summed E-state index contributed by atoms with van der Waals surface area (Å²) in [4.78, 5) is 11.8. The minimum atomic E-state index is 0.119. The fraction of sp³-hybridized carbons (Fsp3) is 0.533. The Balaban J connectivity index is 2.72. The zero-order valence-electron chi connectivity index (χ0n) is 11.6. The molecular weight excluding hydrogens is 210 g/mol. The molecule has 0 aliphatic heterocycles. The van der Waals surface area contributed by atoms with Gasteiger partial charge in [-0.25, -0.2) is 0 Å². The average molecular weight is 233 g/mol. The van der Waals surface area contributed by atoms with Crippen LogP contribution >= 0.6 is 0 Å². The van der Waals surface area contributed by atoms with Crippen LogP contribution in [0.4, 0.5) is 5.69 Å². The van der Waals surface area contributed by atoms with Crippen LogP contribution < -0.4 is 5.32 Å². The van der Waals surface area contributed by atoms with Crippen molar-refractivity contribution in [1.82, 2.24) is 0 Å². The Hall–Kier alpha value is -1.31. The molecule has 1 aromatic rings. The summed E-state index contributed by atoms with van der Waals surface area (Å²) in [5, 5.41) is 3.02. The fourth-order valence-electron chi connectivity index (χ4n) is 2.00. The van der Waals surface area contributed by atoms with Crippen LogP contribution in [0.2, 0.25) is 0 Å². The summed E-state index contributed by atoms with van der Waals surface area (Å²) >= 11 is 0. The summed E-state index contributed by atoms with van der Waals surface area (Å²) in [6.07, 6.45) is 1.54. The SMILES string of the molecule is Cc1cc(C)c(NC(=O)CCC(C)C)c(C)c1. The Morgan fingerprint density at radius 2 is 1.71 bits per heavy atom. The molecule has 2 nitrogen and oxygen atoms in total. The van der Waals surface area contributed by atoms with E-state index >= 15 is 0 Å². The number of aryl methyl sites for hydroxylation is 3. The normalized spacial score (nSPS) is 10.7. The summed E-state index contributed by atoms with van der Waals surface area (Å²) in [6.45, 7) is 10.4. The molecule has 0 radical (unpaired) electrons. The van der Waals surface area contributed by atoms with E-state index in [-0.39, 0.29) is 5.91 Å². The molecule has 0 fully saturated rings. The summed E-state index contributed by atoms with van der Waals surface area (Å²) in [5.41, 5.74) is 4.49. The van der Waals surface area contributed by atoms with Gasteiger partial charge >= 0.3 is 0 Å². The van der Waals surface area contributed by atoms with Crippen molar-refractivity contribution in [3.63, 3.8) is 0 Å². The Labute approximate surface area is 104 Å². The van der Waals surface area contributed by atoms with Crippen LogP contribution in [0, 0.1) is 26.7 Å². The highest BCUT2D eigenvalue weighted by Crippen LogP contribution is 2.22. The van der Waals surface area contributed by atoms with E-state index in [0.29, 0.717) is 12.3 Å². The molecule has 0 aromatic heterocycles. The highest BCUT2D eigenvalue weighted by molar-refractivity contribution is 5.92. The van der Waals surface area contributed by atoms with Crippen LogP contribution in [0.3, 0.4) is 0 Å². The van der Waals surface area contributed by atoms with Gasteiger partial charge in [0.05, 0.1) is 0 Å². The fourth-order valence-corrected chi connectivity index (χ4v) is 2.00. The quantitative estimate of drug-likeness (QED) is 0.837. The first-order chi connectivity index (χ1) is 7.90. The molecule has 1 aromatic carbocycles. The topological polar surface area (TPSA) is 29.1 Å². The van der Waals surface area contributed by atoms with Crippen LogP contribution in [0.15, 0.2) is 12.1 Å². The maximum Gasteiger partial charge on any atom is 0.224 e. The largest absolute Gasteiger partial charge is 0.326 e. The third-order valence-corrected chi connectivity index (χ3v) is 2.89. The molecule has 0 atom stereocenters. The number of hydrogen-bond acceptors (Lipinski definition) is 1. The highest BCUT2D eigenvalue weighted by atomic mass is 16.1. The predicted octanol–water partition coefficient (Wildman–Crippen LogP) is 3.99. The van der Waals surface area contributed by atoms with Crippen molar-refractivity contribution in [2.24, 2.45) is 5.92 Å². The van der Waals surface area contributed by atoms with Crippen LogP contribution in [-0.2, 0) is 4.79 Å². The molecule has 17 heavy (non-hydrogen) atoms. The molecule has 1 N–H and O–H groups in total. The molecular formula is C15H23NO. The van der Waals surface area contributed by atoms with E-state index in [0.717, 1.165) is 23.2 Å². The van der Waals surface area contributed by atoms with Crippen molar-refractivity contribution < 1.29 is 4.79 Å². The Bertz CT molecular complexity index is 384. The second kappa shape index (κ2) is 5.85. The van der Waals surface area contributed by atoms with E-state index < -0.39 is 0 Å². The van der Waals surface area contributed by atoms with Crippen molar-refractivity contribution in [2.45, 2.75) is 47.5 Å². The molecule has 0 spiro atoms. The summed E-state index contributed by atoms with van der Waals surface area (Å²) < 4.78 is 0. The standard InChI is InChI=1S/C15H23NO/c1-10(2)6-7-14(17)16-15-12(4)8-11(3)9-13(15)5/h8-10H,6-7H2,1-5H3,(H,16,17). The number of carbonyl (C=O) groups is 1. The molecule has 0 saturated carbocycles. The van der Waals surface area contributed by atoms with Gasteiger partial charge in [-0.3, -0.25) is 4.79 Å². The zero-order valence-corrected chi connectivity index (χ0v) is 11.6. The number of amides is 1. The molecule has 1 amide bonds. The predicted molar refractivity (Wildman–Crippen MR) is 73.4 cm³/mol. The van der Waals surface area contributed by atoms with Gasteiger partial charge < -0.3 is 5.32 Å². The first-order valence-corrected chi connectivity index (χ1v) is 6.28. The van der Waals surface area contributed by atoms with Crippen molar-refractivity contribution in [1.29, 1.82) is 0 Å². The van der Waals surface area contributed by atoms with Crippen LogP contribution in [0.25, 0.3) is 0 Å². The summed E-state index contributed by atoms with van der Waals surface area (Å²) in [5.74, 6) is 0.690. The van der Waals surface area contributed by atoms with Gasteiger partial charge in [-0.1, -0.05) is 31.5 Å². The van der Waals surface area contributed by atoms with E-state index in [9.17, 15) is 4.79 Å². The molecule has 1 rings (SSSR count). The molecule has 0 aliphatic carbocycles. The van der Waals surface area contributed by atoms with Gasteiger partial charge in [0, 0.05) is 12.1 Å². The van der Waals surface area contributed by atoms with E-state index in [1.54, 1.807) is 0 Å². The highest BCUT2D eigenvalue weighted by Gasteiger charge is 2.08. The van der Waals surface area contributed by atoms with E-state index in [1.807, 2.05) is 13.8 Å². The van der Waals surface area contributed by atoms with Crippen molar-refractivity contribution in [3.8, 4) is 0 Å². The lowest BCUT2D eigenvalue weighted by Gasteiger charge is -2.13. The number of nitrogens with one attached hydrogen (secondary N) is 1. The van der Waals surface area contributed by atoms with E-state index in [1.165, 1.54) is 5.56 Å². The molecule has 94 valence electrons. The Morgan fingerprint density at radius 1 is 1.18 bits per heavy atom. The Kier molecular flexibility index (Phi) is 4.73. The molecule has 0 unspecified atom stereocenters. The van der Waals surface area contributed by atoms with Gasteiger partial charge in [0.15, 0.2) is 0 Å². The smallest absolute Gasteiger partial charge is 0.224 e. The number of anilines is 1. The maximum atomic E-state index is 11.8. The molecule has 0 bridgehead atoms. The number of rotatable bonds is 4. The van der Waals surface area contributed by atoms with Crippen molar-refractivity contribution in [3.05, 3.63) is 28.8 Å². The van der Waals surface area contributed by atoms with E-state index in [2.05, 4.69) is 38.2 Å². The average Bonchev–Trinajstić information content (AvgIpc) is 2.20. The third-order valence-electron chi connectivity index (χ3n) is 2.89. The molecule has 0 saturated heterocycles. The number of hydrogen-bond donors (Lipinski definition) is 1. The summed E-state index contributed by atoms with van der Waals surface area (Å²) in [6, 6.07) is 4.20. The zero-order chi connectivity index (χ0) is 13.0. The second-order valence-corrected chi connectivity index (χ2v) is 5.25. The lowest BCUT2D eigenvalue weighted by molar-refractivity contribution is -0.116. The van der Waals surface area contributed by atoms with Crippen molar-refractivity contribution >= 4 is 11.6 Å². The van der Waals surface area contributed by atoms with Crippen LogP contribution in [0.5, 0.6) is 0 Å². The lowest BCUT2D eigenvalue weighted by Crippen LogP contribution is -2.14. The van der Waals surface area contributed by atoms with Gasteiger partial charge in [0.1, 0.15) is 0 Å². The van der Waals surface area contributed by atoms with Crippen LogP contribution in [0.1, 0.15) is 43.4 Å². The van der Waals surface area contributed by atoms with Gasteiger partial charge in [-0.2, -0.15) is 0 Å². The first kappa shape index (κ1) is 13.8. The second-order valence-electron chi connectivity index (χ2n) is 5.25. The molecule has 0 heterocycles. The first-order valence-electron chi connectivity index (χ1n) is 6.28. The minimum absolute atomic E-state index is 0.119. The molecule has 0 aliphatic rings.